The number of aromatic nitrogens is 3. The number of nitrogens with zero attached hydrogens (tertiary/aromatic N) is 3. The fourth-order valence-electron chi connectivity index (χ4n) is 0.800. The summed E-state index contributed by atoms with van der Waals surface area (Å²) in [6.07, 6.45) is 2.97. The average molecular weight is 327 g/mol. The van der Waals surface area contributed by atoms with Crippen molar-refractivity contribution in [3.8, 4) is 0 Å². The number of halogens is 1. The first-order chi connectivity index (χ1) is 7.19. The number of thiocarbonyl (C=S) groups is 1. The molecule has 0 spiro atoms. The standard InChI is InChI=1S/C7H11BrN4S3/c1-14-6-10-5(9)12(11-6)7(13)15-4-2-3-8/h2-4H2,1H3,(H2,9,10,11). The van der Waals surface area contributed by atoms with E-state index in [-0.39, 0.29) is 0 Å². The van der Waals surface area contributed by atoms with Crippen molar-refractivity contribution in [3.63, 3.8) is 0 Å². The monoisotopic (exact) mass is 326 g/mol. The predicted molar refractivity (Wildman–Crippen MR) is 75.1 cm³/mol. The first-order valence-corrected chi connectivity index (χ1v) is 7.92. The highest BCUT2D eigenvalue weighted by atomic mass is 79.9. The van der Waals surface area contributed by atoms with E-state index in [0.717, 1.165) is 17.5 Å². The normalized spacial score (nSPS) is 10.5. The Morgan fingerprint density at radius 3 is 2.93 bits per heavy atom. The van der Waals surface area contributed by atoms with Crippen LogP contribution in [0.15, 0.2) is 5.16 Å². The van der Waals surface area contributed by atoms with E-state index in [1.165, 1.54) is 16.4 Å². The maximum atomic E-state index is 5.69. The number of hydrogen-bond acceptors (Lipinski definition) is 6. The van der Waals surface area contributed by atoms with Crippen molar-refractivity contribution in [1.82, 2.24) is 14.8 Å². The van der Waals surface area contributed by atoms with Gasteiger partial charge in [-0.3, -0.25) is 0 Å². The summed E-state index contributed by atoms with van der Waals surface area (Å²) >= 11 is 11.6. The summed E-state index contributed by atoms with van der Waals surface area (Å²) in [6.45, 7) is 0. The van der Waals surface area contributed by atoms with Crippen molar-refractivity contribution in [2.24, 2.45) is 0 Å². The van der Waals surface area contributed by atoms with E-state index < -0.39 is 0 Å². The SMILES string of the molecule is CSc1nc(N)n(C(=S)SCCCBr)n1. The lowest BCUT2D eigenvalue weighted by Crippen LogP contribution is -2.11. The van der Waals surface area contributed by atoms with Crippen LogP contribution in [0.4, 0.5) is 5.95 Å². The van der Waals surface area contributed by atoms with Crippen molar-refractivity contribution >= 4 is 61.9 Å². The van der Waals surface area contributed by atoms with Gasteiger partial charge in [0.15, 0.2) is 4.32 Å². The fourth-order valence-corrected chi connectivity index (χ4v) is 2.90. The fraction of sp³-hybridized carbons (Fsp3) is 0.571. The summed E-state index contributed by atoms with van der Waals surface area (Å²) in [5, 5.41) is 5.80. The van der Waals surface area contributed by atoms with Gasteiger partial charge in [0, 0.05) is 11.1 Å². The second kappa shape index (κ2) is 6.72. The maximum absolute atomic E-state index is 5.69. The first-order valence-electron chi connectivity index (χ1n) is 4.18. The molecule has 1 rings (SSSR count). The first kappa shape index (κ1) is 13.3. The molecule has 0 bridgehead atoms. The Morgan fingerprint density at radius 2 is 2.40 bits per heavy atom. The smallest absolute Gasteiger partial charge is 0.225 e. The molecule has 0 unspecified atom stereocenters. The Labute approximate surface area is 111 Å². The molecule has 2 N–H and O–H groups in total. The van der Waals surface area contributed by atoms with Crippen LogP contribution in [0.3, 0.4) is 0 Å². The number of alkyl halides is 1. The Bertz CT molecular complexity index is 341. The van der Waals surface area contributed by atoms with Crippen molar-refractivity contribution in [2.45, 2.75) is 11.6 Å². The van der Waals surface area contributed by atoms with Crippen LogP contribution in [0.1, 0.15) is 6.42 Å². The van der Waals surface area contributed by atoms with Gasteiger partial charge in [-0.05, 0) is 12.7 Å². The molecular weight excluding hydrogens is 316 g/mol. The number of nitrogens with two attached hydrogens (primary N) is 1. The zero-order valence-electron chi connectivity index (χ0n) is 8.14. The van der Waals surface area contributed by atoms with Gasteiger partial charge >= 0.3 is 0 Å². The van der Waals surface area contributed by atoms with Crippen molar-refractivity contribution in [2.75, 3.05) is 23.1 Å². The van der Waals surface area contributed by atoms with Gasteiger partial charge < -0.3 is 5.73 Å². The molecule has 0 saturated heterocycles. The average Bonchev–Trinajstić information content (AvgIpc) is 2.60. The molecule has 0 aliphatic rings. The Hall–Kier alpha value is 0.210. The number of thioether (sulfide) groups is 2. The summed E-state index contributed by atoms with van der Waals surface area (Å²) in [5.74, 6) is 1.31. The van der Waals surface area contributed by atoms with Crippen LogP contribution in [0, 0.1) is 0 Å². The third-order valence-electron chi connectivity index (χ3n) is 1.47. The van der Waals surface area contributed by atoms with Gasteiger partial charge in [0.05, 0.1) is 0 Å². The Kier molecular flexibility index (Phi) is 5.95. The molecule has 1 aromatic rings. The van der Waals surface area contributed by atoms with Crippen LogP contribution in [-0.2, 0) is 0 Å². The molecule has 1 heterocycles. The lowest BCUT2D eigenvalue weighted by molar-refractivity contribution is 0.902. The summed E-state index contributed by atoms with van der Waals surface area (Å²) in [7, 11) is 0. The van der Waals surface area contributed by atoms with E-state index in [0.29, 0.717) is 15.4 Å². The molecule has 8 heteroatoms. The van der Waals surface area contributed by atoms with Crippen LogP contribution >= 0.6 is 51.7 Å². The Balaban J connectivity index is 2.60. The highest BCUT2D eigenvalue weighted by Gasteiger charge is 2.10. The predicted octanol–water partition coefficient (Wildman–Crippen LogP) is 2.23. The molecule has 0 atom stereocenters. The van der Waals surface area contributed by atoms with E-state index in [1.807, 2.05) is 6.26 Å². The summed E-state index contributed by atoms with van der Waals surface area (Å²) in [4.78, 5) is 4.06. The minimum absolute atomic E-state index is 0.357. The van der Waals surface area contributed by atoms with Crippen LogP contribution in [0.25, 0.3) is 0 Å². The van der Waals surface area contributed by atoms with Gasteiger partial charge in [-0.2, -0.15) is 9.67 Å². The molecule has 0 radical (unpaired) electrons. The summed E-state index contributed by atoms with van der Waals surface area (Å²) in [5.41, 5.74) is 5.69. The third kappa shape index (κ3) is 3.93. The molecule has 15 heavy (non-hydrogen) atoms. The molecule has 0 aromatic carbocycles. The highest BCUT2D eigenvalue weighted by molar-refractivity contribution is 9.09. The lowest BCUT2D eigenvalue weighted by atomic mass is 10.6. The van der Waals surface area contributed by atoms with E-state index in [9.17, 15) is 0 Å². The molecule has 0 saturated carbocycles. The molecule has 0 aliphatic heterocycles. The quantitative estimate of drug-likeness (QED) is 0.396. The molecule has 0 aliphatic carbocycles. The molecule has 4 nitrogen and oxygen atoms in total. The van der Waals surface area contributed by atoms with Gasteiger partial charge in [0.1, 0.15) is 0 Å². The van der Waals surface area contributed by atoms with Crippen LogP contribution in [0.2, 0.25) is 0 Å². The third-order valence-corrected chi connectivity index (χ3v) is 4.01. The van der Waals surface area contributed by atoms with E-state index in [1.54, 1.807) is 11.8 Å². The van der Waals surface area contributed by atoms with Crippen LogP contribution in [-0.4, -0.2) is 36.4 Å². The minimum atomic E-state index is 0.357. The largest absolute Gasteiger partial charge is 0.368 e. The summed E-state index contributed by atoms with van der Waals surface area (Å²) in [6, 6.07) is 0. The van der Waals surface area contributed by atoms with Crippen molar-refractivity contribution in [3.05, 3.63) is 0 Å². The van der Waals surface area contributed by atoms with Gasteiger partial charge in [-0.25, -0.2) is 0 Å². The molecular formula is C7H11BrN4S3. The van der Waals surface area contributed by atoms with Gasteiger partial charge in [0.25, 0.3) is 0 Å². The Morgan fingerprint density at radius 1 is 1.67 bits per heavy atom. The molecule has 0 fully saturated rings. The molecule has 84 valence electrons. The van der Waals surface area contributed by atoms with E-state index in [4.69, 9.17) is 18.0 Å². The van der Waals surface area contributed by atoms with E-state index in [2.05, 4.69) is 26.0 Å². The van der Waals surface area contributed by atoms with Gasteiger partial charge in [-0.1, -0.05) is 51.7 Å². The summed E-state index contributed by atoms with van der Waals surface area (Å²) < 4.78 is 2.17. The number of anilines is 1. The van der Waals surface area contributed by atoms with Crippen molar-refractivity contribution < 1.29 is 0 Å². The van der Waals surface area contributed by atoms with Gasteiger partial charge in [0.2, 0.25) is 11.1 Å². The number of hydrogen-bond donors (Lipinski definition) is 1. The zero-order valence-corrected chi connectivity index (χ0v) is 12.2. The van der Waals surface area contributed by atoms with E-state index >= 15 is 0 Å². The second-order valence-electron chi connectivity index (χ2n) is 2.53. The minimum Gasteiger partial charge on any atom is -0.368 e. The topological polar surface area (TPSA) is 56.7 Å². The van der Waals surface area contributed by atoms with Crippen LogP contribution < -0.4 is 5.73 Å². The number of rotatable bonds is 4. The van der Waals surface area contributed by atoms with Crippen molar-refractivity contribution in [1.29, 1.82) is 0 Å². The second-order valence-corrected chi connectivity index (χ2v) is 5.82. The molecule has 0 amide bonds. The zero-order chi connectivity index (χ0) is 11.3. The van der Waals surface area contributed by atoms with Crippen LogP contribution in [0.5, 0.6) is 0 Å². The molecule has 1 aromatic heterocycles. The lowest BCUT2D eigenvalue weighted by Gasteiger charge is -2.02. The highest BCUT2D eigenvalue weighted by Crippen LogP contribution is 2.15. The number of nitrogen functional groups attached to an aromatic ring is 1. The maximum Gasteiger partial charge on any atom is 0.225 e. The van der Waals surface area contributed by atoms with Gasteiger partial charge in [-0.15, -0.1) is 5.10 Å².